The first kappa shape index (κ1) is 13.6. The van der Waals surface area contributed by atoms with Crippen LogP contribution in [0.3, 0.4) is 0 Å². The first-order valence-corrected chi connectivity index (χ1v) is 7.49. The Morgan fingerprint density at radius 3 is 2.61 bits per heavy atom. The van der Waals surface area contributed by atoms with Crippen molar-refractivity contribution in [3.05, 3.63) is 71.3 Å². The maximum Gasteiger partial charge on any atom is 0.298 e. The molecule has 4 aromatic rings. The van der Waals surface area contributed by atoms with Crippen LogP contribution in [0.15, 0.2) is 65.7 Å². The van der Waals surface area contributed by atoms with E-state index >= 15 is 0 Å². The van der Waals surface area contributed by atoms with Gasteiger partial charge in [-0.15, -0.1) is 0 Å². The van der Waals surface area contributed by atoms with Gasteiger partial charge in [0.15, 0.2) is 0 Å². The molecule has 5 heteroatoms. The molecule has 0 bridgehead atoms. The molecule has 0 aliphatic rings. The van der Waals surface area contributed by atoms with E-state index in [0.717, 1.165) is 22.5 Å². The molecule has 0 aliphatic heterocycles. The van der Waals surface area contributed by atoms with Crippen molar-refractivity contribution in [3.8, 4) is 11.4 Å². The predicted octanol–water partition coefficient (Wildman–Crippen LogP) is 3.04. The zero-order valence-corrected chi connectivity index (χ0v) is 12.6. The maximum atomic E-state index is 12.8. The minimum absolute atomic E-state index is 0.146. The number of fused-ring (bicyclic) bond motifs is 3. The number of hydrogen-bond donors (Lipinski definition) is 0. The minimum Gasteiger partial charge on any atom is -0.494 e. The Labute approximate surface area is 132 Å². The van der Waals surface area contributed by atoms with E-state index in [2.05, 4.69) is 4.98 Å². The van der Waals surface area contributed by atoms with E-state index in [4.69, 9.17) is 4.74 Å². The molecule has 0 aliphatic carbocycles. The second kappa shape index (κ2) is 5.28. The molecule has 2 aromatic heterocycles. The van der Waals surface area contributed by atoms with E-state index in [1.807, 2.05) is 66.1 Å². The van der Waals surface area contributed by atoms with E-state index in [-0.39, 0.29) is 5.56 Å². The summed E-state index contributed by atoms with van der Waals surface area (Å²) in [4.78, 5) is 17.2. The number of nitrogens with zero attached hydrogens (tertiary/aromatic N) is 3. The SMILES string of the molecule is CCOc1ccc(-n2ccn3c(nc4ccccc43)c2=O)cc1. The number of hydrogen-bond acceptors (Lipinski definition) is 3. The van der Waals surface area contributed by atoms with Crippen LogP contribution in [0, 0.1) is 0 Å². The van der Waals surface area contributed by atoms with Gasteiger partial charge in [0.05, 0.1) is 17.6 Å². The molecule has 0 amide bonds. The second-order valence-electron chi connectivity index (χ2n) is 5.19. The molecule has 5 nitrogen and oxygen atoms in total. The molecule has 114 valence electrons. The van der Waals surface area contributed by atoms with Crippen LogP contribution in [0.4, 0.5) is 0 Å². The first-order valence-electron chi connectivity index (χ1n) is 7.49. The van der Waals surface area contributed by atoms with Gasteiger partial charge in [0, 0.05) is 18.1 Å². The Kier molecular flexibility index (Phi) is 3.12. The summed E-state index contributed by atoms with van der Waals surface area (Å²) in [6.07, 6.45) is 3.63. The third-order valence-corrected chi connectivity index (χ3v) is 3.80. The van der Waals surface area contributed by atoms with E-state index in [9.17, 15) is 4.79 Å². The van der Waals surface area contributed by atoms with Crippen LogP contribution < -0.4 is 10.3 Å². The molecule has 2 aromatic carbocycles. The van der Waals surface area contributed by atoms with Gasteiger partial charge in [-0.3, -0.25) is 13.8 Å². The van der Waals surface area contributed by atoms with Crippen LogP contribution in [0.1, 0.15) is 6.92 Å². The van der Waals surface area contributed by atoms with Gasteiger partial charge < -0.3 is 4.74 Å². The second-order valence-corrected chi connectivity index (χ2v) is 5.19. The molecular weight excluding hydrogens is 290 g/mol. The van der Waals surface area contributed by atoms with Crippen molar-refractivity contribution in [2.75, 3.05) is 6.61 Å². The van der Waals surface area contributed by atoms with Crippen LogP contribution in [0.5, 0.6) is 5.75 Å². The molecule has 4 rings (SSSR count). The van der Waals surface area contributed by atoms with Crippen molar-refractivity contribution in [1.82, 2.24) is 14.0 Å². The summed E-state index contributed by atoms with van der Waals surface area (Å²) in [7, 11) is 0. The quantitative estimate of drug-likeness (QED) is 0.584. The summed E-state index contributed by atoms with van der Waals surface area (Å²) in [5, 5.41) is 0. The van der Waals surface area contributed by atoms with Gasteiger partial charge >= 0.3 is 0 Å². The van der Waals surface area contributed by atoms with Crippen LogP contribution in [-0.2, 0) is 0 Å². The summed E-state index contributed by atoms with van der Waals surface area (Å²) in [5.41, 5.74) is 2.80. The lowest BCUT2D eigenvalue weighted by Gasteiger charge is -2.08. The minimum atomic E-state index is -0.146. The molecule has 23 heavy (non-hydrogen) atoms. The molecular formula is C18H15N3O2. The van der Waals surface area contributed by atoms with Gasteiger partial charge in [-0.2, -0.15) is 0 Å². The van der Waals surface area contributed by atoms with Crippen LogP contribution in [-0.4, -0.2) is 20.6 Å². The molecule has 0 fully saturated rings. The molecule has 0 saturated carbocycles. The Morgan fingerprint density at radius 2 is 1.83 bits per heavy atom. The summed E-state index contributed by atoms with van der Waals surface area (Å²) in [5.74, 6) is 0.789. The molecule has 0 atom stereocenters. The van der Waals surface area contributed by atoms with Crippen molar-refractivity contribution in [1.29, 1.82) is 0 Å². The average molecular weight is 305 g/mol. The number of para-hydroxylation sites is 2. The van der Waals surface area contributed by atoms with Crippen molar-refractivity contribution >= 4 is 16.7 Å². The van der Waals surface area contributed by atoms with E-state index in [1.54, 1.807) is 10.8 Å². The molecule has 0 N–H and O–H groups in total. The lowest BCUT2D eigenvalue weighted by Crippen LogP contribution is -2.19. The molecule has 0 saturated heterocycles. The lowest BCUT2D eigenvalue weighted by molar-refractivity contribution is 0.340. The lowest BCUT2D eigenvalue weighted by atomic mass is 10.3. The van der Waals surface area contributed by atoms with E-state index in [1.165, 1.54) is 0 Å². The van der Waals surface area contributed by atoms with Crippen LogP contribution in [0.25, 0.3) is 22.4 Å². The van der Waals surface area contributed by atoms with Crippen LogP contribution >= 0.6 is 0 Å². The summed E-state index contributed by atoms with van der Waals surface area (Å²) in [6.45, 7) is 2.56. The fourth-order valence-electron chi connectivity index (χ4n) is 2.73. The zero-order valence-electron chi connectivity index (χ0n) is 12.6. The highest BCUT2D eigenvalue weighted by Gasteiger charge is 2.10. The fraction of sp³-hybridized carbons (Fsp3) is 0.111. The number of aromatic nitrogens is 3. The normalized spacial score (nSPS) is 11.2. The van der Waals surface area contributed by atoms with Gasteiger partial charge in [-0.1, -0.05) is 12.1 Å². The van der Waals surface area contributed by atoms with E-state index in [0.29, 0.717) is 12.3 Å². The zero-order chi connectivity index (χ0) is 15.8. The average Bonchev–Trinajstić information content (AvgIpc) is 2.96. The largest absolute Gasteiger partial charge is 0.494 e. The van der Waals surface area contributed by atoms with Crippen molar-refractivity contribution in [2.45, 2.75) is 6.92 Å². The Balaban J connectivity index is 1.89. The Bertz CT molecular complexity index is 1050. The first-order chi connectivity index (χ1) is 11.3. The highest BCUT2D eigenvalue weighted by Crippen LogP contribution is 2.16. The highest BCUT2D eigenvalue weighted by molar-refractivity contribution is 5.80. The number of ether oxygens (including phenoxy) is 1. The van der Waals surface area contributed by atoms with Crippen molar-refractivity contribution in [2.24, 2.45) is 0 Å². The van der Waals surface area contributed by atoms with Crippen molar-refractivity contribution < 1.29 is 4.74 Å². The third-order valence-electron chi connectivity index (χ3n) is 3.80. The fourth-order valence-corrected chi connectivity index (χ4v) is 2.73. The summed E-state index contributed by atoms with van der Waals surface area (Å²) >= 11 is 0. The van der Waals surface area contributed by atoms with Gasteiger partial charge in [0.25, 0.3) is 5.56 Å². The molecule has 0 radical (unpaired) electrons. The third kappa shape index (κ3) is 2.17. The predicted molar refractivity (Wildman–Crippen MR) is 89.5 cm³/mol. The Morgan fingerprint density at radius 1 is 1.04 bits per heavy atom. The number of imidazole rings is 1. The molecule has 0 unspecified atom stereocenters. The van der Waals surface area contributed by atoms with E-state index < -0.39 is 0 Å². The monoisotopic (exact) mass is 305 g/mol. The van der Waals surface area contributed by atoms with Gasteiger partial charge in [-0.25, -0.2) is 4.98 Å². The molecule has 2 heterocycles. The maximum absolute atomic E-state index is 12.8. The van der Waals surface area contributed by atoms with Gasteiger partial charge in [0.2, 0.25) is 5.65 Å². The van der Waals surface area contributed by atoms with Gasteiger partial charge in [0.1, 0.15) is 5.75 Å². The summed E-state index contributed by atoms with van der Waals surface area (Å²) < 4.78 is 8.85. The number of rotatable bonds is 3. The Hall–Kier alpha value is -3.08. The topological polar surface area (TPSA) is 48.5 Å². The number of benzene rings is 2. The van der Waals surface area contributed by atoms with Crippen LogP contribution in [0.2, 0.25) is 0 Å². The standard InChI is InChI=1S/C18H15N3O2/c1-2-23-14-9-7-13(8-10-14)20-11-12-21-16-6-4-3-5-15(16)19-17(21)18(20)22/h3-12H,2H2,1H3. The van der Waals surface area contributed by atoms with Crippen molar-refractivity contribution in [3.63, 3.8) is 0 Å². The molecule has 0 spiro atoms. The summed E-state index contributed by atoms with van der Waals surface area (Å²) in [6, 6.07) is 15.2. The smallest absolute Gasteiger partial charge is 0.298 e. The van der Waals surface area contributed by atoms with Gasteiger partial charge in [-0.05, 0) is 43.3 Å². The highest BCUT2D eigenvalue weighted by atomic mass is 16.5.